The summed E-state index contributed by atoms with van der Waals surface area (Å²) in [6.45, 7) is 0. The molecule has 1 aliphatic carbocycles. The molecular weight excluding hydrogens is 280 g/mol. The van der Waals surface area contributed by atoms with E-state index in [1.807, 2.05) is 18.2 Å². The number of aromatic nitrogens is 1. The van der Waals surface area contributed by atoms with E-state index >= 15 is 0 Å². The highest BCUT2D eigenvalue weighted by atomic mass is 16.5. The van der Waals surface area contributed by atoms with E-state index in [9.17, 15) is 9.59 Å². The maximum Gasteiger partial charge on any atom is 0.218 e. The second-order valence-corrected chi connectivity index (χ2v) is 5.33. The van der Waals surface area contributed by atoms with Gasteiger partial charge in [0.2, 0.25) is 6.41 Å². The first kappa shape index (κ1) is 14.4. The number of ketones is 1. The van der Waals surface area contributed by atoms with Gasteiger partial charge in [0.15, 0.2) is 5.78 Å². The average Bonchev–Trinajstić information content (AvgIpc) is 2.87. The molecule has 1 aromatic carbocycles. The molecule has 2 aromatic rings. The Labute approximate surface area is 128 Å². The number of ether oxygens (including phenoxy) is 1. The normalized spacial score (nSPS) is 14.1. The molecule has 0 unspecified atom stereocenters. The van der Waals surface area contributed by atoms with Crippen molar-refractivity contribution in [3.05, 3.63) is 41.7 Å². The number of benzene rings is 1. The largest absolute Gasteiger partial charge is 0.497 e. The molecule has 1 aliphatic rings. The van der Waals surface area contributed by atoms with Crippen molar-refractivity contribution < 1.29 is 14.3 Å². The lowest BCUT2D eigenvalue weighted by atomic mass is 10.1. The first-order valence-electron chi connectivity index (χ1n) is 7.36. The van der Waals surface area contributed by atoms with Crippen molar-refractivity contribution in [1.82, 2.24) is 4.98 Å². The van der Waals surface area contributed by atoms with Gasteiger partial charge in [-0.2, -0.15) is 0 Å². The molecule has 3 rings (SSSR count). The van der Waals surface area contributed by atoms with Crippen LogP contribution in [0.5, 0.6) is 5.75 Å². The van der Waals surface area contributed by atoms with Crippen molar-refractivity contribution in [1.29, 1.82) is 0 Å². The van der Waals surface area contributed by atoms with Crippen LogP contribution in [0.2, 0.25) is 0 Å². The Balaban J connectivity index is 2.06. The molecule has 0 aliphatic heterocycles. The highest BCUT2D eigenvalue weighted by Crippen LogP contribution is 2.34. The monoisotopic (exact) mass is 298 g/mol. The fourth-order valence-corrected chi connectivity index (χ4v) is 2.88. The molecule has 5 nitrogen and oxygen atoms in total. The van der Waals surface area contributed by atoms with E-state index in [0.29, 0.717) is 29.1 Å². The number of carbonyl (C=O) groups excluding carboxylic acids is 2. The molecule has 114 valence electrons. The van der Waals surface area contributed by atoms with Gasteiger partial charge in [0.1, 0.15) is 5.75 Å². The predicted octanol–water partition coefficient (Wildman–Crippen LogP) is 3.23. The van der Waals surface area contributed by atoms with Gasteiger partial charge in [-0.1, -0.05) is 6.07 Å². The van der Waals surface area contributed by atoms with Crippen LogP contribution in [0.3, 0.4) is 0 Å². The minimum Gasteiger partial charge on any atom is -0.497 e. The van der Waals surface area contributed by atoms with Crippen LogP contribution in [0.25, 0.3) is 0 Å². The molecule has 0 bridgehead atoms. The van der Waals surface area contributed by atoms with Crippen LogP contribution in [0, 0.1) is 0 Å². The zero-order chi connectivity index (χ0) is 15.5. The lowest BCUT2D eigenvalue weighted by Crippen LogP contribution is -2.16. The van der Waals surface area contributed by atoms with E-state index in [2.05, 4.69) is 4.98 Å². The number of nitrogens with one attached hydrogen (secondary N) is 1. The topological polar surface area (TPSA) is 62.4 Å². The summed E-state index contributed by atoms with van der Waals surface area (Å²) in [6, 6.07) is 7.22. The summed E-state index contributed by atoms with van der Waals surface area (Å²) >= 11 is 0. The summed E-state index contributed by atoms with van der Waals surface area (Å²) in [6.07, 6.45) is 5.71. The van der Waals surface area contributed by atoms with E-state index in [0.717, 1.165) is 31.4 Å². The van der Waals surface area contributed by atoms with Gasteiger partial charge >= 0.3 is 0 Å². The Bertz CT molecular complexity index is 706. The lowest BCUT2D eigenvalue weighted by molar-refractivity contribution is -0.106. The molecule has 0 saturated carbocycles. The van der Waals surface area contributed by atoms with E-state index in [-0.39, 0.29) is 5.78 Å². The highest BCUT2D eigenvalue weighted by Gasteiger charge is 2.25. The summed E-state index contributed by atoms with van der Waals surface area (Å²) in [5.74, 6) is 0.760. The molecule has 5 heteroatoms. The summed E-state index contributed by atoms with van der Waals surface area (Å²) in [7, 11) is 1.58. The van der Waals surface area contributed by atoms with Crippen LogP contribution >= 0.6 is 0 Å². The van der Waals surface area contributed by atoms with Crippen molar-refractivity contribution in [2.75, 3.05) is 12.0 Å². The van der Waals surface area contributed by atoms with E-state index in [4.69, 9.17) is 4.74 Å². The Morgan fingerprint density at radius 1 is 1.27 bits per heavy atom. The first-order valence-corrected chi connectivity index (χ1v) is 7.36. The highest BCUT2D eigenvalue weighted by molar-refractivity contribution is 6.06. The average molecular weight is 298 g/mol. The number of methoxy groups -OCH3 is 1. The number of fused-ring (bicyclic) bond motifs is 1. The maximum atomic E-state index is 12.4. The number of nitrogens with zero attached hydrogens (tertiary/aromatic N) is 1. The van der Waals surface area contributed by atoms with Crippen LogP contribution in [-0.4, -0.2) is 24.3 Å². The molecule has 0 spiro atoms. The SMILES string of the molecule is COc1cccc(N(C=O)c2c[nH]c3c2C(=O)CCCC3)c1. The number of hydrogen-bond donors (Lipinski definition) is 1. The lowest BCUT2D eigenvalue weighted by Gasteiger charge is -2.18. The van der Waals surface area contributed by atoms with Crippen molar-refractivity contribution in [3.63, 3.8) is 0 Å². The van der Waals surface area contributed by atoms with Crippen molar-refractivity contribution >= 4 is 23.6 Å². The number of hydrogen-bond acceptors (Lipinski definition) is 3. The van der Waals surface area contributed by atoms with Gasteiger partial charge in [0.05, 0.1) is 24.0 Å². The second-order valence-electron chi connectivity index (χ2n) is 5.33. The van der Waals surface area contributed by atoms with Gasteiger partial charge in [0, 0.05) is 24.4 Å². The van der Waals surface area contributed by atoms with E-state index in [1.54, 1.807) is 19.4 Å². The molecule has 1 aromatic heterocycles. The molecule has 0 fully saturated rings. The summed E-state index contributed by atoms with van der Waals surface area (Å²) in [5.41, 5.74) is 2.86. The molecule has 1 N–H and O–H groups in total. The van der Waals surface area contributed by atoms with Gasteiger partial charge in [-0.3, -0.25) is 14.5 Å². The molecular formula is C17H18N2O3. The van der Waals surface area contributed by atoms with Gasteiger partial charge in [-0.15, -0.1) is 0 Å². The van der Waals surface area contributed by atoms with Crippen molar-refractivity contribution in [2.24, 2.45) is 0 Å². The Kier molecular flexibility index (Phi) is 3.96. The van der Waals surface area contributed by atoms with Crippen LogP contribution in [-0.2, 0) is 11.2 Å². The first-order chi connectivity index (χ1) is 10.7. The molecule has 0 atom stereocenters. The Morgan fingerprint density at radius 3 is 2.86 bits per heavy atom. The molecule has 22 heavy (non-hydrogen) atoms. The summed E-state index contributed by atoms with van der Waals surface area (Å²) in [5, 5.41) is 0. The van der Waals surface area contributed by atoms with Crippen molar-refractivity contribution in [2.45, 2.75) is 25.7 Å². The standard InChI is InChI=1S/C17H18N2O3/c1-22-13-6-4-5-12(9-13)19(11-20)15-10-18-14-7-2-3-8-16(21)17(14)15/h4-6,9-11,18H,2-3,7-8H2,1H3. The third-order valence-electron chi connectivity index (χ3n) is 4.00. The number of Topliss-reactive ketones (excluding diaryl/α,β-unsaturated/α-hetero) is 1. The van der Waals surface area contributed by atoms with Crippen LogP contribution in [0.15, 0.2) is 30.5 Å². The summed E-state index contributed by atoms with van der Waals surface area (Å²) in [4.78, 5) is 28.7. The number of carbonyl (C=O) groups is 2. The second kappa shape index (κ2) is 6.05. The predicted molar refractivity (Wildman–Crippen MR) is 83.9 cm³/mol. The number of anilines is 2. The Morgan fingerprint density at radius 2 is 2.09 bits per heavy atom. The Hall–Kier alpha value is -2.56. The third-order valence-corrected chi connectivity index (χ3v) is 4.00. The number of amides is 1. The number of aryl methyl sites for hydroxylation is 1. The quantitative estimate of drug-likeness (QED) is 0.696. The molecule has 0 radical (unpaired) electrons. The minimum absolute atomic E-state index is 0.0958. The summed E-state index contributed by atoms with van der Waals surface area (Å²) < 4.78 is 5.20. The van der Waals surface area contributed by atoms with Crippen molar-refractivity contribution in [3.8, 4) is 5.75 Å². The van der Waals surface area contributed by atoms with Gasteiger partial charge in [-0.25, -0.2) is 0 Å². The van der Waals surface area contributed by atoms with Gasteiger partial charge < -0.3 is 9.72 Å². The van der Waals surface area contributed by atoms with Gasteiger partial charge in [0.25, 0.3) is 0 Å². The smallest absolute Gasteiger partial charge is 0.218 e. The van der Waals surface area contributed by atoms with E-state index < -0.39 is 0 Å². The third kappa shape index (κ3) is 2.50. The van der Waals surface area contributed by atoms with Crippen LogP contribution in [0.4, 0.5) is 11.4 Å². The number of rotatable bonds is 4. The zero-order valence-electron chi connectivity index (χ0n) is 12.5. The minimum atomic E-state index is 0.0958. The van der Waals surface area contributed by atoms with Gasteiger partial charge in [-0.05, 0) is 31.4 Å². The zero-order valence-corrected chi connectivity index (χ0v) is 12.5. The number of aromatic amines is 1. The van der Waals surface area contributed by atoms with Crippen LogP contribution < -0.4 is 9.64 Å². The molecule has 1 amide bonds. The molecule has 0 saturated heterocycles. The molecule has 1 heterocycles. The number of H-pyrrole nitrogens is 1. The maximum absolute atomic E-state index is 12.4. The fourth-order valence-electron chi connectivity index (χ4n) is 2.88. The fraction of sp³-hybridized carbons (Fsp3) is 0.294. The van der Waals surface area contributed by atoms with Crippen LogP contribution in [0.1, 0.15) is 35.3 Å². The van der Waals surface area contributed by atoms with E-state index in [1.165, 1.54) is 4.90 Å².